The highest BCUT2D eigenvalue weighted by molar-refractivity contribution is 8.15. The predicted molar refractivity (Wildman–Crippen MR) is 75.1 cm³/mol. The summed E-state index contributed by atoms with van der Waals surface area (Å²) in [6.45, 7) is 1.53. The minimum atomic E-state index is 0.0276. The van der Waals surface area contributed by atoms with E-state index in [2.05, 4.69) is 5.32 Å². The number of hydrogen-bond acceptors (Lipinski definition) is 4. The van der Waals surface area contributed by atoms with Gasteiger partial charge in [-0.3, -0.25) is 9.79 Å². The van der Waals surface area contributed by atoms with E-state index >= 15 is 0 Å². The van der Waals surface area contributed by atoms with Crippen molar-refractivity contribution in [3.8, 4) is 0 Å². The summed E-state index contributed by atoms with van der Waals surface area (Å²) in [5, 5.41) is 3.89. The van der Waals surface area contributed by atoms with Gasteiger partial charge in [-0.25, -0.2) is 0 Å². The summed E-state index contributed by atoms with van der Waals surface area (Å²) in [7, 11) is 0. The average Bonchev–Trinajstić information content (AvgIpc) is 3.12. The number of rotatable bonds is 2. The summed E-state index contributed by atoms with van der Waals surface area (Å²) in [5.41, 5.74) is 0. The number of ether oxygens (including phenoxy) is 1. The number of carbonyl (C=O) groups is 1. The van der Waals surface area contributed by atoms with Crippen LogP contribution in [0.15, 0.2) is 4.99 Å². The second kappa shape index (κ2) is 4.77. The lowest BCUT2D eigenvalue weighted by atomic mass is 9.96. The SMILES string of the molecule is O=C1NC(=N[C@H]2C[C@@H]3CC[C@H]2C3)SC1[C@H]1CCOC1. The van der Waals surface area contributed by atoms with E-state index in [1.807, 2.05) is 0 Å². The molecule has 0 radical (unpaired) electrons. The molecule has 4 fully saturated rings. The topological polar surface area (TPSA) is 50.7 Å². The highest BCUT2D eigenvalue weighted by Crippen LogP contribution is 2.46. The number of nitrogens with one attached hydrogen (secondary N) is 1. The van der Waals surface area contributed by atoms with E-state index < -0.39 is 0 Å². The lowest BCUT2D eigenvalue weighted by Gasteiger charge is -2.17. The van der Waals surface area contributed by atoms with Crippen LogP contribution in [0.25, 0.3) is 0 Å². The first-order valence-corrected chi connectivity index (χ1v) is 8.30. The van der Waals surface area contributed by atoms with Crippen molar-refractivity contribution in [3.05, 3.63) is 0 Å². The molecule has 0 aromatic heterocycles. The highest BCUT2D eigenvalue weighted by atomic mass is 32.2. The summed E-state index contributed by atoms with van der Waals surface area (Å²) >= 11 is 1.64. The number of thioether (sulfide) groups is 1. The molecule has 1 amide bonds. The minimum Gasteiger partial charge on any atom is -0.381 e. The van der Waals surface area contributed by atoms with Gasteiger partial charge in [0.05, 0.1) is 17.9 Å². The Hall–Kier alpha value is -0.550. The normalized spacial score (nSPS) is 47.3. The van der Waals surface area contributed by atoms with Crippen LogP contribution >= 0.6 is 11.8 Å². The predicted octanol–water partition coefficient (Wildman–Crippen LogP) is 1.80. The summed E-state index contributed by atoms with van der Waals surface area (Å²) in [5.74, 6) is 2.20. The van der Waals surface area contributed by atoms with E-state index in [-0.39, 0.29) is 11.2 Å². The largest absolute Gasteiger partial charge is 0.381 e. The van der Waals surface area contributed by atoms with Crippen molar-refractivity contribution in [2.75, 3.05) is 13.2 Å². The summed E-state index contributed by atoms with van der Waals surface area (Å²) in [6, 6.07) is 0.472. The molecule has 2 bridgehead atoms. The monoisotopic (exact) mass is 280 g/mol. The van der Waals surface area contributed by atoms with E-state index in [4.69, 9.17) is 9.73 Å². The molecular weight excluding hydrogens is 260 g/mol. The van der Waals surface area contributed by atoms with Gasteiger partial charge >= 0.3 is 0 Å². The lowest BCUT2D eigenvalue weighted by Crippen LogP contribution is -2.30. The standard InChI is InChI=1S/C14H20N2O2S/c17-13-12(10-3-4-18-7-10)19-14(16-13)15-11-6-8-1-2-9(11)5-8/h8-12H,1-7H2,(H,15,16,17)/t8-,9+,10+,11+,12?/m1/s1. The molecule has 19 heavy (non-hydrogen) atoms. The summed E-state index contributed by atoms with van der Waals surface area (Å²) in [4.78, 5) is 16.9. The molecule has 2 heterocycles. The van der Waals surface area contributed by atoms with Gasteiger partial charge in [-0.2, -0.15) is 0 Å². The molecule has 5 heteroatoms. The van der Waals surface area contributed by atoms with Gasteiger partial charge in [0, 0.05) is 12.5 Å². The van der Waals surface area contributed by atoms with E-state index in [0.717, 1.165) is 36.6 Å². The van der Waals surface area contributed by atoms with Crippen LogP contribution in [0.5, 0.6) is 0 Å². The van der Waals surface area contributed by atoms with Gasteiger partial charge in [-0.15, -0.1) is 0 Å². The molecule has 2 saturated heterocycles. The fourth-order valence-corrected chi connectivity index (χ4v) is 5.23. The third-order valence-electron chi connectivity index (χ3n) is 5.10. The molecule has 4 nitrogen and oxygen atoms in total. The van der Waals surface area contributed by atoms with Gasteiger partial charge in [0.1, 0.15) is 0 Å². The maximum Gasteiger partial charge on any atom is 0.239 e. The average molecular weight is 280 g/mol. The molecule has 2 aliphatic carbocycles. The molecule has 1 N–H and O–H groups in total. The van der Waals surface area contributed by atoms with Crippen LogP contribution in [0.3, 0.4) is 0 Å². The van der Waals surface area contributed by atoms with E-state index in [1.54, 1.807) is 11.8 Å². The Kier molecular flexibility index (Phi) is 3.07. The molecule has 5 atom stereocenters. The molecule has 0 aromatic rings. The second-order valence-corrected chi connectivity index (χ2v) is 7.46. The Morgan fingerprint density at radius 3 is 2.84 bits per heavy atom. The van der Waals surface area contributed by atoms with Crippen molar-refractivity contribution in [3.63, 3.8) is 0 Å². The van der Waals surface area contributed by atoms with Gasteiger partial charge in [0.15, 0.2) is 5.17 Å². The number of hydrogen-bond donors (Lipinski definition) is 1. The van der Waals surface area contributed by atoms with Gasteiger partial charge < -0.3 is 10.1 Å². The molecule has 4 rings (SSSR count). The van der Waals surface area contributed by atoms with Crippen molar-refractivity contribution in [2.24, 2.45) is 22.7 Å². The van der Waals surface area contributed by atoms with Crippen molar-refractivity contribution >= 4 is 22.8 Å². The zero-order valence-corrected chi connectivity index (χ0v) is 11.8. The molecular formula is C14H20N2O2S. The van der Waals surface area contributed by atoms with Crippen molar-refractivity contribution in [2.45, 2.75) is 43.4 Å². The Bertz CT molecular complexity index is 420. The lowest BCUT2D eigenvalue weighted by molar-refractivity contribution is -0.119. The molecule has 2 saturated carbocycles. The Morgan fingerprint density at radius 2 is 2.16 bits per heavy atom. The zero-order valence-electron chi connectivity index (χ0n) is 11.0. The third kappa shape index (κ3) is 2.21. The number of carbonyl (C=O) groups excluding carboxylic acids is 1. The van der Waals surface area contributed by atoms with Crippen LogP contribution in [-0.4, -0.2) is 35.6 Å². The van der Waals surface area contributed by atoms with E-state index in [0.29, 0.717) is 12.0 Å². The summed E-state index contributed by atoms with van der Waals surface area (Å²) in [6.07, 6.45) is 6.34. The van der Waals surface area contributed by atoms with Crippen LogP contribution in [-0.2, 0) is 9.53 Å². The van der Waals surface area contributed by atoms with Gasteiger partial charge in [0.25, 0.3) is 0 Å². The number of amides is 1. The minimum absolute atomic E-state index is 0.0276. The molecule has 0 aromatic carbocycles. The van der Waals surface area contributed by atoms with Crippen LogP contribution < -0.4 is 5.32 Å². The van der Waals surface area contributed by atoms with Crippen LogP contribution in [0.1, 0.15) is 32.1 Å². The van der Waals surface area contributed by atoms with Crippen LogP contribution in [0.4, 0.5) is 0 Å². The Morgan fingerprint density at radius 1 is 1.21 bits per heavy atom. The van der Waals surface area contributed by atoms with Gasteiger partial charge in [-0.1, -0.05) is 18.2 Å². The molecule has 0 spiro atoms. The smallest absolute Gasteiger partial charge is 0.239 e. The number of nitrogens with zero attached hydrogens (tertiary/aromatic N) is 1. The second-order valence-electron chi connectivity index (χ2n) is 6.33. The van der Waals surface area contributed by atoms with Crippen LogP contribution in [0, 0.1) is 17.8 Å². The summed E-state index contributed by atoms with van der Waals surface area (Å²) < 4.78 is 5.39. The molecule has 4 aliphatic rings. The number of amidine groups is 1. The Labute approximate surface area is 117 Å². The van der Waals surface area contributed by atoms with Gasteiger partial charge in [-0.05, 0) is 37.5 Å². The van der Waals surface area contributed by atoms with Crippen molar-refractivity contribution < 1.29 is 9.53 Å². The number of aliphatic imine (C=N–C) groups is 1. The third-order valence-corrected chi connectivity index (χ3v) is 6.39. The zero-order chi connectivity index (χ0) is 12.8. The first-order valence-electron chi connectivity index (χ1n) is 7.42. The van der Waals surface area contributed by atoms with Crippen molar-refractivity contribution in [1.82, 2.24) is 5.32 Å². The van der Waals surface area contributed by atoms with E-state index in [9.17, 15) is 4.79 Å². The maximum atomic E-state index is 12.0. The fraction of sp³-hybridized carbons (Fsp3) is 0.857. The van der Waals surface area contributed by atoms with Crippen molar-refractivity contribution in [1.29, 1.82) is 0 Å². The highest BCUT2D eigenvalue weighted by Gasteiger charge is 2.42. The maximum absolute atomic E-state index is 12.0. The molecule has 1 unspecified atom stereocenters. The fourth-order valence-electron chi connectivity index (χ4n) is 4.06. The molecule has 104 valence electrons. The van der Waals surface area contributed by atoms with Crippen LogP contribution in [0.2, 0.25) is 0 Å². The first kappa shape index (κ1) is 12.2. The Balaban J connectivity index is 1.44. The molecule has 2 aliphatic heterocycles. The first-order chi connectivity index (χ1) is 9.29. The van der Waals surface area contributed by atoms with Gasteiger partial charge in [0.2, 0.25) is 5.91 Å². The quantitative estimate of drug-likeness (QED) is 0.839. The number of fused-ring (bicyclic) bond motifs is 2. The van der Waals surface area contributed by atoms with E-state index in [1.165, 1.54) is 25.7 Å².